The molecule has 86 valence electrons. The van der Waals surface area contributed by atoms with Crippen molar-refractivity contribution in [3.63, 3.8) is 0 Å². The van der Waals surface area contributed by atoms with Crippen molar-refractivity contribution in [1.82, 2.24) is 0 Å². The lowest BCUT2D eigenvalue weighted by atomic mass is 10.0. The Morgan fingerprint density at radius 3 is 2.50 bits per heavy atom. The summed E-state index contributed by atoms with van der Waals surface area (Å²) in [6, 6.07) is 9.37. The predicted octanol–water partition coefficient (Wildman–Crippen LogP) is 2.64. The van der Waals surface area contributed by atoms with Crippen LogP contribution >= 0.6 is 0 Å². The van der Waals surface area contributed by atoms with Gasteiger partial charge in [-0.2, -0.15) is 0 Å². The fourth-order valence-corrected chi connectivity index (χ4v) is 1.49. The zero-order valence-corrected chi connectivity index (χ0v) is 9.89. The van der Waals surface area contributed by atoms with Gasteiger partial charge in [-0.1, -0.05) is 50.3 Å². The molecule has 1 aromatic carbocycles. The van der Waals surface area contributed by atoms with E-state index in [4.69, 9.17) is 5.73 Å². The Bertz CT molecular complexity index is 354. The van der Waals surface area contributed by atoms with Crippen molar-refractivity contribution in [2.75, 3.05) is 0 Å². The fraction of sp³-hybridized carbons (Fsp3) is 0.357. The van der Waals surface area contributed by atoms with Crippen LogP contribution in [0.1, 0.15) is 25.8 Å². The Morgan fingerprint density at radius 1 is 1.31 bits per heavy atom. The molecule has 0 saturated heterocycles. The van der Waals surface area contributed by atoms with Gasteiger partial charge in [-0.25, -0.2) is 0 Å². The van der Waals surface area contributed by atoms with Crippen LogP contribution in [0, 0.1) is 5.92 Å². The van der Waals surface area contributed by atoms with Crippen molar-refractivity contribution in [3.05, 3.63) is 42.0 Å². The van der Waals surface area contributed by atoms with E-state index >= 15 is 0 Å². The third-order valence-electron chi connectivity index (χ3n) is 2.33. The lowest BCUT2D eigenvalue weighted by Gasteiger charge is -2.10. The van der Waals surface area contributed by atoms with Gasteiger partial charge in [0.05, 0.1) is 6.04 Å². The smallest absolute Gasteiger partial charge is 0.172 e. The molecule has 0 bridgehead atoms. The minimum atomic E-state index is -0.375. The van der Waals surface area contributed by atoms with E-state index in [0.717, 1.165) is 12.0 Å². The number of nitrogens with two attached hydrogens (primary N) is 1. The summed E-state index contributed by atoms with van der Waals surface area (Å²) in [4.78, 5) is 11.6. The molecular formula is C14H19NO. The van der Waals surface area contributed by atoms with E-state index in [1.165, 1.54) is 0 Å². The number of rotatable bonds is 5. The molecular weight excluding hydrogens is 198 g/mol. The molecule has 2 heteroatoms. The number of hydrogen-bond donors (Lipinski definition) is 1. The van der Waals surface area contributed by atoms with Crippen LogP contribution in [0.4, 0.5) is 0 Å². The van der Waals surface area contributed by atoms with Crippen molar-refractivity contribution in [1.29, 1.82) is 0 Å². The zero-order chi connectivity index (χ0) is 12.0. The van der Waals surface area contributed by atoms with E-state index in [9.17, 15) is 4.79 Å². The van der Waals surface area contributed by atoms with Crippen LogP contribution in [0.15, 0.2) is 36.4 Å². The first-order chi connectivity index (χ1) is 7.59. The van der Waals surface area contributed by atoms with E-state index < -0.39 is 0 Å². The summed E-state index contributed by atoms with van der Waals surface area (Å²) in [6.07, 6.45) is 4.11. The maximum atomic E-state index is 11.6. The van der Waals surface area contributed by atoms with Crippen molar-refractivity contribution >= 4 is 11.9 Å². The maximum absolute atomic E-state index is 11.6. The van der Waals surface area contributed by atoms with Crippen LogP contribution in [-0.2, 0) is 4.79 Å². The Morgan fingerprint density at radius 2 is 1.94 bits per heavy atom. The third kappa shape index (κ3) is 4.41. The van der Waals surface area contributed by atoms with Crippen LogP contribution in [-0.4, -0.2) is 11.8 Å². The number of carbonyl (C=O) groups is 1. The number of benzene rings is 1. The van der Waals surface area contributed by atoms with Gasteiger partial charge in [-0.3, -0.25) is 4.79 Å². The molecule has 0 amide bonds. The lowest BCUT2D eigenvalue weighted by molar-refractivity contribution is -0.116. The van der Waals surface area contributed by atoms with Gasteiger partial charge in [0, 0.05) is 0 Å². The van der Waals surface area contributed by atoms with Gasteiger partial charge in [0.1, 0.15) is 0 Å². The predicted molar refractivity (Wildman–Crippen MR) is 67.9 cm³/mol. The van der Waals surface area contributed by atoms with Crippen molar-refractivity contribution < 1.29 is 4.79 Å². The van der Waals surface area contributed by atoms with E-state index in [0.29, 0.717) is 5.92 Å². The van der Waals surface area contributed by atoms with E-state index in [2.05, 4.69) is 13.8 Å². The van der Waals surface area contributed by atoms with Crippen molar-refractivity contribution in [2.45, 2.75) is 26.3 Å². The molecule has 0 spiro atoms. The average molecular weight is 217 g/mol. The minimum absolute atomic E-state index is 0.00227. The van der Waals surface area contributed by atoms with Gasteiger partial charge in [-0.05, 0) is 24.0 Å². The first-order valence-corrected chi connectivity index (χ1v) is 5.62. The molecule has 0 heterocycles. The van der Waals surface area contributed by atoms with Crippen molar-refractivity contribution in [2.24, 2.45) is 11.7 Å². The summed E-state index contributed by atoms with van der Waals surface area (Å²) >= 11 is 0. The zero-order valence-electron chi connectivity index (χ0n) is 9.89. The second-order valence-corrected chi connectivity index (χ2v) is 4.38. The SMILES string of the molecule is CC(C)CC(N)C(=O)C=Cc1ccccc1. The van der Waals surface area contributed by atoms with Crippen LogP contribution in [0.3, 0.4) is 0 Å². The summed E-state index contributed by atoms with van der Waals surface area (Å²) in [5, 5.41) is 0. The molecule has 0 aliphatic heterocycles. The molecule has 1 rings (SSSR count). The highest BCUT2D eigenvalue weighted by Crippen LogP contribution is 2.06. The topological polar surface area (TPSA) is 43.1 Å². The number of ketones is 1. The molecule has 0 aliphatic carbocycles. The first kappa shape index (κ1) is 12.7. The van der Waals surface area contributed by atoms with Crippen LogP contribution in [0.2, 0.25) is 0 Å². The highest BCUT2D eigenvalue weighted by atomic mass is 16.1. The highest BCUT2D eigenvalue weighted by molar-refractivity contribution is 5.97. The molecule has 0 radical (unpaired) electrons. The Labute approximate surface area is 97.2 Å². The summed E-state index contributed by atoms with van der Waals surface area (Å²) in [7, 11) is 0. The standard InChI is InChI=1S/C14H19NO/c1-11(2)10-13(15)14(16)9-8-12-6-4-3-5-7-12/h3-9,11,13H,10,15H2,1-2H3. The van der Waals surface area contributed by atoms with Gasteiger partial charge < -0.3 is 5.73 Å². The molecule has 0 aliphatic rings. The molecule has 0 saturated carbocycles. The number of hydrogen-bond acceptors (Lipinski definition) is 2. The van der Waals surface area contributed by atoms with Gasteiger partial charge in [0.15, 0.2) is 5.78 Å². The van der Waals surface area contributed by atoms with Crippen LogP contribution in [0.25, 0.3) is 6.08 Å². The molecule has 2 nitrogen and oxygen atoms in total. The minimum Gasteiger partial charge on any atom is -0.321 e. The largest absolute Gasteiger partial charge is 0.321 e. The highest BCUT2D eigenvalue weighted by Gasteiger charge is 2.11. The van der Waals surface area contributed by atoms with Crippen LogP contribution in [0.5, 0.6) is 0 Å². The molecule has 16 heavy (non-hydrogen) atoms. The van der Waals surface area contributed by atoms with E-state index in [1.807, 2.05) is 36.4 Å². The molecule has 2 N–H and O–H groups in total. The average Bonchev–Trinajstić information content (AvgIpc) is 2.26. The molecule has 1 atom stereocenters. The first-order valence-electron chi connectivity index (χ1n) is 5.62. The Balaban J connectivity index is 2.54. The summed E-state index contributed by atoms with van der Waals surface area (Å²) in [5.74, 6) is 0.446. The summed E-state index contributed by atoms with van der Waals surface area (Å²) < 4.78 is 0. The van der Waals surface area contributed by atoms with Gasteiger partial charge >= 0.3 is 0 Å². The third-order valence-corrected chi connectivity index (χ3v) is 2.33. The van der Waals surface area contributed by atoms with Crippen LogP contribution < -0.4 is 5.73 Å². The molecule has 1 aromatic rings. The quantitative estimate of drug-likeness (QED) is 0.770. The van der Waals surface area contributed by atoms with Gasteiger partial charge in [0.25, 0.3) is 0 Å². The van der Waals surface area contributed by atoms with E-state index in [-0.39, 0.29) is 11.8 Å². The second kappa shape index (κ2) is 6.23. The van der Waals surface area contributed by atoms with Crippen molar-refractivity contribution in [3.8, 4) is 0 Å². The Hall–Kier alpha value is -1.41. The second-order valence-electron chi connectivity index (χ2n) is 4.38. The maximum Gasteiger partial charge on any atom is 0.172 e. The fourth-order valence-electron chi connectivity index (χ4n) is 1.49. The molecule has 1 unspecified atom stereocenters. The monoisotopic (exact) mass is 217 g/mol. The normalized spacial score (nSPS) is 13.2. The molecule has 0 fully saturated rings. The molecule has 0 aromatic heterocycles. The van der Waals surface area contributed by atoms with Gasteiger partial charge in [0.2, 0.25) is 0 Å². The van der Waals surface area contributed by atoms with E-state index in [1.54, 1.807) is 6.08 Å². The number of carbonyl (C=O) groups excluding carboxylic acids is 1. The summed E-state index contributed by atoms with van der Waals surface area (Å²) in [5.41, 5.74) is 6.80. The summed E-state index contributed by atoms with van der Waals surface area (Å²) in [6.45, 7) is 4.13. The van der Waals surface area contributed by atoms with Gasteiger partial charge in [-0.15, -0.1) is 0 Å². The Kier molecular flexibility index (Phi) is 4.93. The lowest BCUT2D eigenvalue weighted by Crippen LogP contribution is -2.30.